The lowest BCUT2D eigenvalue weighted by Crippen LogP contribution is -2.58. The smallest absolute Gasteiger partial charge is 0.243 e. The number of fused-ring (bicyclic) bond motifs is 5. The average molecular weight is 289 g/mol. The van der Waals surface area contributed by atoms with Crippen LogP contribution >= 0.6 is 0 Å². The van der Waals surface area contributed by atoms with Gasteiger partial charge in [0, 0.05) is 11.5 Å². The molecular weight excluding hydrogens is 262 g/mol. The van der Waals surface area contributed by atoms with Gasteiger partial charge in [-0.25, -0.2) is 0 Å². The van der Waals surface area contributed by atoms with Crippen LogP contribution in [0.15, 0.2) is 12.2 Å². The molecular formula is C18H27NO2. The van der Waals surface area contributed by atoms with E-state index in [1.165, 1.54) is 19.3 Å². The van der Waals surface area contributed by atoms with E-state index in [4.69, 9.17) is 0 Å². The number of nitrogens with one attached hydrogen (secondary N) is 1. The summed E-state index contributed by atoms with van der Waals surface area (Å²) in [4.78, 5) is 11.7. The highest BCUT2D eigenvalue weighted by Gasteiger charge is 2.58. The van der Waals surface area contributed by atoms with E-state index in [9.17, 15) is 9.90 Å². The summed E-state index contributed by atoms with van der Waals surface area (Å²) in [6.45, 7) is 4.75. The molecule has 0 saturated heterocycles. The maximum Gasteiger partial charge on any atom is 0.243 e. The van der Waals surface area contributed by atoms with Gasteiger partial charge in [0.15, 0.2) is 0 Å². The normalized spacial score (nSPS) is 55.4. The molecule has 21 heavy (non-hydrogen) atoms. The van der Waals surface area contributed by atoms with Gasteiger partial charge in [0.2, 0.25) is 5.91 Å². The second-order valence-electron chi connectivity index (χ2n) is 8.50. The maximum absolute atomic E-state index is 11.7. The van der Waals surface area contributed by atoms with E-state index in [2.05, 4.69) is 25.2 Å². The molecule has 4 aliphatic rings. The minimum Gasteiger partial charge on any atom is -0.393 e. The number of aliphatic hydroxyl groups is 1. The first kappa shape index (κ1) is 13.8. The zero-order chi connectivity index (χ0) is 14.8. The minimum absolute atomic E-state index is 0.0767. The Labute approximate surface area is 127 Å². The van der Waals surface area contributed by atoms with Crippen LogP contribution < -0.4 is 5.32 Å². The van der Waals surface area contributed by atoms with Gasteiger partial charge in [-0.3, -0.25) is 4.79 Å². The van der Waals surface area contributed by atoms with E-state index >= 15 is 0 Å². The van der Waals surface area contributed by atoms with Crippen LogP contribution in [0.4, 0.5) is 0 Å². The summed E-state index contributed by atoms with van der Waals surface area (Å²) < 4.78 is 0. The standard InChI is InChI=1S/C18H27NO2/c1-17-7-5-13-12(14(17)9-11(20)10-17)3-4-15-18(13,2)8-6-16(21)19-15/h6,8,11-15,20H,3-5,7,9-10H2,1-2H3,(H,19,21)/t11-,12-,13+,14+,15-,17-,18-/m1/s1. The van der Waals surface area contributed by atoms with Crippen LogP contribution in [-0.4, -0.2) is 23.2 Å². The number of rotatable bonds is 0. The molecule has 0 aromatic rings. The van der Waals surface area contributed by atoms with Gasteiger partial charge in [-0.1, -0.05) is 19.9 Å². The van der Waals surface area contributed by atoms with E-state index in [0.29, 0.717) is 23.3 Å². The lowest BCUT2D eigenvalue weighted by atomic mass is 9.49. The highest BCUT2D eigenvalue weighted by Crippen LogP contribution is 2.63. The molecule has 0 spiro atoms. The quantitative estimate of drug-likeness (QED) is 0.720. The maximum atomic E-state index is 11.7. The van der Waals surface area contributed by atoms with Crippen LogP contribution in [0, 0.1) is 28.6 Å². The summed E-state index contributed by atoms with van der Waals surface area (Å²) in [5.41, 5.74) is 0.469. The van der Waals surface area contributed by atoms with Crippen molar-refractivity contribution in [1.82, 2.24) is 5.32 Å². The van der Waals surface area contributed by atoms with Crippen molar-refractivity contribution in [3.8, 4) is 0 Å². The third kappa shape index (κ3) is 1.86. The first-order chi connectivity index (χ1) is 9.92. The van der Waals surface area contributed by atoms with Crippen molar-refractivity contribution in [1.29, 1.82) is 0 Å². The number of aliphatic hydroxyl groups excluding tert-OH is 1. The highest BCUT2D eigenvalue weighted by molar-refractivity contribution is 5.89. The van der Waals surface area contributed by atoms with Crippen LogP contribution in [0.25, 0.3) is 0 Å². The minimum atomic E-state index is -0.0918. The molecule has 0 unspecified atom stereocenters. The summed E-state index contributed by atoms with van der Waals surface area (Å²) in [6.07, 6.45) is 10.6. The van der Waals surface area contributed by atoms with Crippen LogP contribution in [0.1, 0.15) is 52.4 Å². The van der Waals surface area contributed by atoms with E-state index in [1.54, 1.807) is 6.08 Å². The molecule has 0 bridgehead atoms. The van der Waals surface area contributed by atoms with Crippen molar-refractivity contribution >= 4 is 5.91 Å². The average Bonchev–Trinajstić information content (AvgIpc) is 2.74. The number of hydrogen-bond acceptors (Lipinski definition) is 2. The van der Waals surface area contributed by atoms with Crippen LogP contribution in [0.5, 0.6) is 0 Å². The zero-order valence-electron chi connectivity index (χ0n) is 13.1. The Morgan fingerprint density at radius 2 is 2.05 bits per heavy atom. The van der Waals surface area contributed by atoms with E-state index in [1.807, 2.05) is 0 Å². The van der Waals surface area contributed by atoms with Gasteiger partial charge in [0.1, 0.15) is 0 Å². The molecule has 0 aromatic carbocycles. The van der Waals surface area contributed by atoms with Crippen LogP contribution in [0.2, 0.25) is 0 Å². The zero-order valence-corrected chi connectivity index (χ0v) is 13.1. The first-order valence-corrected chi connectivity index (χ1v) is 8.60. The fourth-order valence-electron chi connectivity index (χ4n) is 6.36. The molecule has 1 amide bonds. The number of carbonyl (C=O) groups is 1. The monoisotopic (exact) mass is 289 g/mol. The Hall–Kier alpha value is -0.830. The highest BCUT2D eigenvalue weighted by atomic mass is 16.3. The molecule has 7 atom stereocenters. The molecule has 3 aliphatic carbocycles. The molecule has 3 fully saturated rings. The SMILES string of the molecule is C[C@]12CC[C@H]3[C@@H](CC[C@H]4NC(=O)C=C[C@@]43C)[C@@H]1C[C@@H](O)C2. The Morgan fingerprint density at radius 1 is 1.24 bits per heavy atom. The Balaban J connectivity index is 1.68. The summed E-state index contributed by atoms with van der Waals surface area (Å²) >= 11 is 0. The topological polar surface area (TPSA) is 49.3 Å². The second-order valence-corrected chi connectivity index (χ2v) is 8.50. The Morgan fingerprint density at radius 3 is 2.86 bits per heavy atom. The van der Waals surface area contributed by atoms with Crippen molar-refractivity contribution in [2.75, 3.05) is 0 Å². The molecule has 4 rings (SSSR count). The van der Waals surface area contributed by atoms with Gasteiger partial charge in [0.05, 0.1) is 6.10 Å². The fourth-order valence-corrected chi connectivity index (χ4v) is 6.36. The van der Waals surface area contributed by atoms with Gasteiger partial charge >= 0.3 is 0 Å². The van der Waals surface area contributed by atoms with Crippen molar-refractivity contribution < 1.29 is 9.90 Å². The Bertz CT molecular complexity index is 501. The lowest BCUT2D eigenvalue weighted by molar-refractivity contribution is -0.122. The van der Waals surface area contributed by atoms with Crippen molar-refractivity contribution in [2.24, 2.45) is 28.6 Å². The van der Waals surface area contributed by atoms with Gasteiger partial charge < -0.3 is 10.4 Å². The summed E-state index contributed by atoms with van der Waals surface area (Å²) in [5, 5.41) is 13.4. The molecule has 3 saturated carbocycles. The molecule has 3 heteroatoms. The second kappa shape index (κ2) is 4.34. The predicted molar refractivity (Wildman–Crippen MR) is 81.5 cm³/mol. The van der Waals surface area contributed by atoms with Crippen LogP contribution in [-0.2, 0) is 4.79 Å². The summed E-state index contributed by atoms with van der Waals surface area (Å²) in [5.74, 6) is 2.14. The van der Waals surface area contributed by atoms with E-state index in [0.717, 1.165) is 25.2 Å². The van der Waals surface area contributed by atoms with Crippen molar-refractivity contribution in [3.63, 3.8) is 0 Å². The van der Waals surface area contributed by atoms with Crippen molar-refractivity contribution in [2.45, 2.75) is 64.5 Å². The molecule has 1 aliphatic heterocycles. The molecule has 116 valence electrons. The first-order valence-electron chi connectivity index (χ1n) is 8.60. The molecule has 3 nitrogen and oxygen atoms in total. The Kier molecular flexibility index (Phi) is 2.86. The number of carbonyl (C=O) groups excluding carboxylic acids is 1. The van der Waals surface area contributed by atoms with Gasteiger partial charge in [-0.05, 0) is 67.8 Å². The number of amides is 1. The van der Waals surface area contributed by atoms with Crippen molar-refractivity contribution in [3.05, 3.63) is 12.2 Å². The van der Waals surface area contributed by atoms with E-state index < -0.39 is 0 Å². The van der Waals surface area contributed by atoms with Gasteiger partial charge in [-0.2, -0.15) is 0 Å². The predicted octanol–water partition coefficient (Wildman–Crippen LogP) is 2.64. The third-order valence-corrected chi connectivity index (χ3v) is 7.43. The number of hydrogen-bond donors (Lipinski definition) is 2. The lowest BCUT2D eigenvalue weighted by Gasteiger charge is -2.58. The van der Waals surface area contributed by atoms with Gasteiger partial charge in [0.25, 0.3) is 0 Å². The largest absolute Gasteiger partial charge is 0.393 e. The molecule has 0 radical (unpaired) electrons. The van der Waals surface area contributed by atoms with Crippen LogP contribution in [0.3, 0.4) is 0 Å². The van der Waals surface area contributed by atoms with Gasteiger partial charge in [-0.15, -0.1) is 0 Å². The molecule has 0 aromatic heterocycles. The summed E-state index contributed by atoms with van der Waals surface area (Å²) in [7, 11) is 0. The molecule has 1 heterocycles. The molecule has 2 N–H and O–H groups in total. The summed E-state index contributed by atoms with van der Waals surface area (Å²) in [6, 6.07) is 0.312. The fraction of sp³-hybridized carbons (Fsp3) is 0.833. The third-order valence-electron chi connectivity index (χ3n) is 7.43. The van der Waals surface area contributed by atoms with E-state index in [-0.39, 0.29) is 17.4 Å².